The van der Waals surface area contributed by atoms with E-state index in [2.05, 4.69) is 40.0 Å². The van der Waals surface area contributed by atoms with Gasteiger partial charge in [-0.3, -0.25) is 0 Å². The van der Waals surface area contributed by atoms with Crippen molar-refractivity contribution >= 4 is 11.9 Å². The molecule has 0 saturated carbocycles. The molecule has 0 radical (unpaired) electrons. The van der Waals surface area contributed by atoms with Crippen LogP contribution in [0.15, 0.2) is 35.2 Å². The minimum atomic E-state index is 1.11. The Labute approximate surface area is 83.5 Å². The molecule has 13 heavy (non-hydrogen) atoms. The van der Waals surface area contributed by atoms with E-state index in [0.29, 0.717) is 0 Å². The lowest BCUT2D eigenvalue weighted by molar-refractivity contribution is 0.396. The number of piperazine rings is 1. The van der Waals surface area contributed by atoms with E-state index in [4.69, 9.17) is 0 Å². The first-order valence-electron chi connectivity index (χ1n) is 4.64. The molecule has 0 atom stereocenters. The normalized spacial score (nSPS) is 18.8. The number of nitrogens with one attached hydrogen (secondary N) is 1. The molecular weight excluding hydrogens is 180 g/mol. The van der Waals surface area contributed by atoms with Crippen molar-refractivity contribution in [1.29, 1.82) is 0 Å². The van der Waals surface area contributed by atoms with Crippen molar-refractivity contribution in [3.8, 4) is 0 Å². The van der Waals surface area contributed by atoms with Gasteiger partial charge in [0.15, 0.2) is 0 Å². The number of benzene rings is 1. The molecule has 1 aromatic carbocycles. The monoisotopic (exact) mass is 194 g/mol. The van der Waals surface area contributed by atoms with Gasteiger partial charge in [-0.1, -0.05) is 18.2 Å². The largest absolute Gasteiger partial charge is 0.314 e. The molecule has 0 spiro atoms. The molecule has 2 rings (SSSR count). The van der Waals surface area contributed by atoms with E-state index in [0.717, 1.165) is 26.2 Å². The number of nitrogens with zero attached hydrogens (tertiary/aromatic N) is 1. The maximum absolute atomic E-state index is 3.35. The molecule has 2 nitrogen and oxygen atoms in total. The van der Waals surface area contributed by atoms with Crippen LogP contribution in [0.5, 0.6) is 0 Å². The van der Waals surface area contributed by atoms with Crippen LogP contribution in [0, 0.1) is 0 Å². The Bertz CT molecular complexity index is 244. The third-order valence-electron chi connectivity index (χ3n) is 2.05. The van der Waals surface area contributed by atoms with E-state index < -0.39 is 0 Å². The SMILES string of the molecule is c1ccc(SN2CCNCC2)cc1. The quantitative estimate of drug-likeness (QED) is 0.720. The number of hydrogen-bond acceptors (Lipinski definition) is 3. The maximum Gasteiger partial charge on any atom is 0.0230 e. The third-order valence-corrected chi connectivity index (χ3v) is 3.16. The zero-order valence-corrected chi connectivity index (χ0v) is 8.39. The van der Waals surface area contributed by atoms with Crippen LogP contribution in [-0.4, -0.2) is 30.5 Å². The summed E-state index contributed by atoms with van der Waals surface area (Å²) in [5.74, 6) is 0. The molecule has 1 N–H and O–H groups in total. The molecule has 1 heterocycles. The summed E-state index contributed by atoms with van der Waals surface area (Å²) < 4.78 is 2.41. The van der Waals surface area contributed by atoms with Crippen LogP contribution >= 0.6 is 11.9 Å². The fourth-order valence-corrected chi connectivity index (χ4v) is 2.31. The van der Waals surface area contributed by atoms with E-state index in [1.165, 1.54) is 4.90 Å². The lowest BCUT2D eigenvalue weighted by atomic mass is 10.4. The van der Waals surface area contributed by atoms with E-state index in [1.54, 1.807) is 0 Å². The van der Waals surface area contributed by atoms with E-state index >= 15 is 0 Å². The summed E-state index contributed by atoms with van der Waals surface area (Å²) in [5, 5.41) is 3.35. The van der Waals surface area contributed by atoms with Gasteiger partial charge in [-0.05, 0) is 24.1 Å². The van der Waals surface area contributed by atoms with Crippen molar-refractivity contribution in [2.75, 3.05) is 26.2 Å². The van der Waals surface area contributed by atoms with Crippen LogP contribution in [0.3, 0.4) is 0 Å². The number of hydrogen-bond donors (Lipinski definition) is 1. The van der Waals surface area contributed by atoms with Gasteiger partial charge in [0.1, 0.15) is 0 Å². The van der Waals surface area contributed by atoms with Crippen LogP contribution in [0.2, 0.25) is 0 Å². The van der Waals surface area contributed by atoms with E-state index in [-0.39, 0.29) is 0 Å². The maximum atomic E-state index is 3.35. The highest BCUT2D eigenvalue weighted by Gasteiger charge is 2.09. The molecule has 3 heteroatoms. The van der Waals surface area contributed by atoms with Crippen molar-refractivity contribution in [3.05, 3.63) is 30.3 Å². The Kier molecular flexibility index (Phi) is 3.24. The van der Waals surface area contributed by atoms with Crippen LogP contribution in [0.4, 0.5) is 0 Å². The Hall–Kier alpha value is -0.510. The topological polar surface area (TPSA) is 15.3 Å². The minimum Gasteiger partial charge on any atom is -0.314 e. The van der Waals surface area contributed by atoms with Gasteiger partial charge in [0.05, 0.1) is 0 Å². The Morgan fingerprint density at radius 3 is 2.46 bits per heavy atom. The molecule has 1 aromatic rings. The summed E-state index contributed by atoms with van der Waals surface area (Å²) in [6.45, 7) is 4.50. The van der Waals surface area contributed by atoms with Gasteiger partial charge in [0.25, 0.3) is 0 Å². The third kappa shape index (κ3) is 2.72. The van der Waals surface area contributed by atoms with Gasteiger partial charge in [-0.2, -0.15) is 0 Å². The van der Waals surface area contributed by atoms with Crippen molar-refractivity contribution in [1.82, 2.24) is 9.62 Å². The van der Waals surface area contributed by atoms with E-state index in [1.807, 2.05) is 11.9 Å². The molecule has 1 aliphatic heterocycles. The van der Waals surface area contributed by atoms with Crippen LogP contribution in [-0.2, 0) is 0 Å². The lowest BCUT2D eigenvalue weighted by Crippen LogP contribution is -2.39. The summed E-state index contributed by atoms with van der Waals surface area (Å²) in [7, 11) is 0. The number of rotatable bonds is 2. The van der Waals surface area contributed by atoms with Crippen molar-refractivity contribution in [3.63, 3.8) is 0 Å². The first-order chi connectivity index (χ1) is 6.45. The highest BCUT2D eigenvalue weighted by Crippen LogP contribution is 2.21. The second kappa shape index (κ2) is 4.65. The smallest absolute Gasteiger partial charge is 0.0230 e. The second-order valence-electron chi connectivity index (χ2n) is 3.08. The summed E-state index contributed by atoms with van der Waals surface area (Å²) in [5.41, 5.74) is 0. The highest BCUT2D eigenvalue weighted by molar-refractivity contribution is 7.97. The summed E-state index contributed by atoms with van der Waals surface area (Å²) in [4.78, 5) is 1.34. The average Bonchev–Trinajstić information content (AvgIpc) is 2.21. The molecular formula is C10H14N2S. The molecule has 1 fully saturated rings. The zero-order chi connectivity index (χ0) is 8.93. The van der Waals surface area contributed by atoms with Gasteiger partial charge >= 0.3 is 0 Å². The highest BCUT2D eigenvalue weighted by atomic mass is 32.2. The average molecular weight is 194 g/mol. The Morgan fingerprint density at radius 1 is 1.08 bits per heavy atom. The van der Waals surface area contributed by atoms with Gasteiger partial charge in [-0.15, -0.1) is 0 Å². The van der Waals surface area contributed by atoms with Crippen LogP contribution in [0.25, 0.3) is 0 Å². The molecule has 0 aliphatic carbocycles. The zero-order valence-electron chi connectivity index (χ0n) is 7.57. The predicted molar refractivity (Wildman–Crippen MR) is 56.7 cm³/mol. The van der Waals surface area contributed by atoms with Gasteiger partial charge < -0.3 is 5.32 Å². The molecule has 1 saturated heterocycles. The van der Waals surface area contributed by atoms with E-state index in [9.17, 15) is 0 Å². The molecule has 0 aromatic heterocycles. The molecule has 0 bridgehead atoms. The first-order valence-corrected chi connectivity index (χ1v) is 5.41. The van der Waals surface area contributed by atoms with Crippen molar-refractivity contribution in [2.24, 2.45) is 0 Å². The molecule has 0 amide bonds. The van der Waals surface area contributed by atoms with Crippen LogP contribution in [0.1, 0.15) is 0 Å². The Balaban J connectivity index is 1.90. The van der Waals surface area contributed by atoms with Crippen LogP contribution < -0.4 is 5.32 Å². The standard InChI is InChI=1S/C10H14N2S/c1-2-4-10(5-3-1)13-12-8-6-11-7-9-12/h1-5,11H,6-9H2. The summed E-state index contributed by atoms with van der Waals surface area (Å²) in [6, 6.07) is 10.6. The predicted octanol–water partition coefficient (Wildman–Crippen LogP) is 1.60. The first kappa shape index (κ1) is 9.06. The fourth-order valence-electron chi connectivity index (χ4n) is 1.37. The molecule has 1 aliphatic rings. The lowest BCUT2D eigenvalue weighted by Gasteiger charge is -2.25. The summed E-state index contributed by atoms with van der Waals surface area (Å²) >= 11 is 1.86. The summed E-state index contributed by atoms with van der Waals surface area (Å²) in [6.07, 6.45) is 0. The van der Waals surface area contributed by atoms with Crippen molar-refractivity contribution < 1.29 is 0 Å². The second-order valence-corrected chi connectivity index (χ2v) is 4.25. The minimum absolute atomic E-state index is 1.11. The fraction of sp³-hybridized carbons (Fsp3) is 0.400. The van der Waals surface area contributed by atoms with Gasteiger partial charge in [-0.25, -0.2) is 4.31 Å². The van der Waals surface area contributed by atoms with Gasteiger partial charge in [0.2, 0.25) is 0 Å². The Morgan fingerprint density at radius 2 is 1.77 bits per heavy atom. The van der Waals surface area contributed by atoms with Gasteiger partial charge in [0, 0.05) is 31.1 Å². The molecule has 0 unspecified atom stereocenters. The molecule has 70 valence electrons. The van der Waals surface area contributed by atoms with Crippen molar-refractivity contribution in [2.45, 2.75) is 4.90 Å².